The van der Waals surface area contributed by atoms with Gasteiger partial charge in [0.05, 0.1) is 13.1 Å². The van der Waals surface area contributed by atoms with Gasteiger partial charge in [0, 0.05) is 56.7 Å². The maximum absolute atomic E-state index is 12.4. The third kappa shape index (κ3) is 7.66. The molecule has 1 fully saturated rings. The zero-order valence-electron chi connectivity index (χ0n) is 18.4. The minimum atomic E-state index is 0.00287. The van der Waals surface area contributed by atoms with Crippen LogP contribution in [0.15, 0.2) is 24.3 Å². The van der Waals surface area contributed by atoms with Crippen LogP contribution in [-0.2, 0) is 9.59 Å². The molecule has 7 nitrogen and oxygen atoms in total. The molecule has 1 aliphatic rings. The van der Waals surface area contributed by atoms with Crippen LogP contribution in [0.3, 0.4) is 0 Å². The van der Waals surface area contributed by atoms with Crippen molar-refractivity contribution in [3.8, 4) is 0 Å². The summed E-state index contributed by atoms with van der Waals surface area (Å²) in [6, 6.07) is 8.48. The van der Waals surface area contributed by atoms with Gasteiger partial charge in [0.1, 0.15) is 0 Å². The molecule has 2 amide bonds. The third-order valence-corrected chi connectivity index (χ3v) is 5.22. The van der Waals surface area contributed by atoms with Crippen molar-refractivity contribution in [2.75, 3.05) is 62.6 Å². The van der Waals surface area contributed by atoms with Crippen molar-refractivity contribution >= 4 is 23.2 Å². The van der Waals surface area contributed by atoms with Gasteiger partial charge in [-0.1, -0.05) is 6.92 Å². The fraction of sp³-hybridized carbons (Fsp3) is 0.636. The lowest BCUT2D eigenvalue weighted by Gasteiger charge is -2.33. The van der Waals surface area contributed by atoms with E-state index in [9.17, 15) is 9.59 Å². The van der Waals surface area contributed by atoms with Gasteiger partial charge in [-0.2, -0.15) is 0 Å². The Bertz CT molecular complexity index is 639. The van der Waals surface area contributed by atoms with E-state index in [0.29, 0.717) is 19.1 Å². The Hall–Kier alpha value is -2.12. The van der Waals surface area contributed by atoms with Crippen LogP contribution < -0.4 is 15.5 Å². The van der Waals surface area contributed by atoms with Crippen molar-refractivity contribution in [1.82, 2.24) is 15.1 Å². The van der Waals surface area contributed by atoms with Gasteiger partial charge in [0.25, 0.3) is 0 Å². The Morgan fingerprint density at radius 3 is 2.00 bits per heavy atom. The summed E-state index contributed by atoms with van der Waals surface area (Å²) in [5.41, 5.74) is 1.99. The van der Waals surface area contributed by atoms with Gasteiger partial charge in [-0.15, -0.1) is 0 Å². The molecule has 0 aromatic heterocycles. The molecule has 0 radical (unpaired) electrons. The highest BCUT2D eigenvalue weighted by Crippen LogP contribution is 2.20. The second-order valence-corrected chi connectivity index (χ2v) is 7.88. The van der Waals surface area contributed by atoms with E-state index < -0.39 is 0 Å². The molecule has 0 aliphatic carbocycles. The average Bonchev–Trinajstić information content (AvgIpc) is 2.69. The fourth-order valence-corrected chi connectivity index (χ4v) is 3.61. The number of piperazine rings is 1. The van der Waals surface area contributed by atoms with E-state index in [1.54, 1.807) is 0 Å². The molecule has 2 rings (SSSR count). The van der Waals surface area contributed by atoms with Crippen molar-refractivity contribution < 1.29 is 9.59 Å². The smallest absolute Gasteiger partial charge is 0.238 e. The molecule has 162 valence electrons. The molecule has 0 spiro atoms. The monoisotopic (exact) mass is 403 g/mol. The van der Waals surface area contributed by atoms with Crippen LogP contribution in [0, 0.1) is 0 Å². The number of anilines is 2. The third-order valence-electron chi connectivity index (χ3n) is 5.22. The van der Waals surface area contributed by atoms with E-state index in [1.807, 2.05) is 19.1 Å². The second-order valence-electron chi connectivity index (χ2n) is 7.88. The number of hydrogen-bond acceptors (Lipinski definition) is 5. The Morgan fingerprint density at radius 1 is 0.966 bits per heavy atom. The maximum Gasteiger partial charge on any atom is 0.238 e. The molecular weight excluding hydrogens is 366 g/mol. The van der Waals surface area contributed by atoms with E-state index >= 15 is 0 Å². The lowest BCUT2D eigenvalue weighted by atomic mass is 10.2. The van der Waals surface area contributed by atoms with E-state index in [-0.39, 0.29) is 11.8 Å². The number of carbonyl (C=O) groups excluding carboxylic acids is 2. The van der Waals surface area contributed by atoms with Crippen LogP contribution in [0.25, 0.3) is 0 Å². The normalized spacial score (nSPS) is 15.3. The van der Waals surface area contributed by atoms with Crippen LogP contribution in [0.1, 0.15) is 34.1 Å². The molecular formula is C22H37N5O2. The standard InChI is InChI=1S/C22H37N5O2/c1-5-11-23-21(28)16-25-12-14-26(15-13-25)17-22(29)24-19-7-9-20(10-8-19)27(6-2)18(3)4/h7-10,18H,5-6,11-17H2,1-4H3,(H,23,28)(H,24,29). The predicted octanol–water partition coefficient (Wildman–Crippen LogP) is 2.00. The summed E-state index contributed by atoms with van der Waals surface area (Å²) in [6.07, 6.45) is 0.950. The van der Waals surface area contributed by atoms with E-state index in [2.05, 4.69) is 58.2 Å². The molecule has 0 unspecified atom stereocenters. The van der Waals surface area contributed by atoms with Gasteiger partial charge < -0.3 is 15.5 Å². The molecule has 0 saturated carbocycles. The van der Waals surface area contributed by atoms with E-state index in [0.717, 1.165) is 51.4 Å². The average molecular weight is 404 g/mol. The summed E-state index contributed by atoms with van der Waals surface area (Å²) in [5.74, 6) is 0.0868. The first-order valence-electron chi connectivity index (χ1n) is 10.8. The van der Waals surface area contributed by atoms with Gasteiger partial charge >= 0.3 is 0 Å². The molecule has 7 heteroatoms. The summed E-state index contributed by atoms with van der Waals surface area (Å²) >= 11 is 0. The summed E-state index contributed by atoms with van der Waals surface area (Å²) < 4.78 is 0. The zero-order chi connectivity index (χ0) is 21.2. The summed E-state index contributed by atoms with van der Waals surface area (Å²) in [5, 5.41) is 5.90. The lowest BCUT2D eigenvalue weighted by Crippen LogP contribution is -2.51. The number of carbonyl (C=O) groups is 2. The van der Waals surface area contributed by atoms with E-state index in [4.69, 9.17) is 0 Å². The van der Waals surface area contributed by atoms with E-state index in [1.165, 1.54) is 5.69 Å². The van der Waals surface area contributed by atoms with Crippen LogP contribution >= 0.6 is 0 Å². The quantitative estimate of drug-likeness (QED) is 0.626. The zero-order valence-corrected chi connectivity index (χ0v) is 18.4. The molecule has 1 aliphatic heterocycles. The highest BCUT2D eigenvalue weighted by molar-refractivity contribution is 5.92. The van der Waals surface area contributed by atoms with Crippen molar-refractivity contribution in [2.45, 2.75) is 40.2 Å². The molecule has 1 heterocycles. The fourth-order valence-electron chi connectivity index (χ4n) is 3.61. The van der Waals surface area contributed by atoms with Crippen LogP contribution in [-0.4, -0.2) is 80.0 Å². The number of benzene rings is 1. The first kappa shape index (κ1) is 23.2. The van der Waals surface area contributed by atoms with Crippen molar-refractivity contribution in [3.05, 3.63) is 24.3 Å². The first-order valence-corrected chi connectivity index (χ1v) is 10.8. The van der Waals surface area contributed by atoms with Gasteiger partial charge in [0.15, 0.2) is 0 Å². The molecule has 0 bridgehead atoms. The predicted molar refractivity (Wildman–Crippen MR) is 119 cm³/mol. The van der Waals surface area contributed by atoms with Gasteiger partial charge in [-0.05, 0) is 51.5 Å². The van der Waals surface area contributed by atoms with Crippen LogP contribution in [0.2, 0.25) is 0 Å². The summed E-state index contributed by atoms with van der Waals surface area (Å²) in [4.78, 5) is 30.8. The molecule has 1 aromatic rings. The number of amides is 2. The van der Waals surface area contributed by atoms with Crippen LogP contribution in [0.5, 0.6) is 0 Å². The Kier molecular flexibility index (Phi) is 9.41. The van der Waals surface area contributed by atoms with Crippen LogP contribution in [0.4, 0.5) is 11.4 Å². The topological polar surface area (TPSA) is 67.9 Å². The highest BCUT2D eigenvalue weighted by atomic mass is 16.2. The lowest BCUT2D eigenvalue weighted by molar-refractivity contribution is -0.123. The van der Waals surface area contributed by atoms with Gasteiger partial charge in [-0.3, -0.25) is 19.4 Å². The van der Waals surface area contributed by atoms with Gasteiger partial charge in [-0.25, -0.2) is 0 Å². The summed E-state index contributed by atoms with van der Waals surface area (Å²) in [7, 11) is 0. The molecule has 29 heavy (non-hydrogen) atoms. The van der Waals surface area contributed by atoms with Crippen molar-refractivity contribution in [2.24, 2.45) is 0 Å². The Balaban J connectivity index is 1.74. The SMILES string of the molecule is CCCNC(=O)CN1CCN(CC(=O)Nc2ccc(N(CC)C(C)C)cc2)CC1. The number of nitrogens with zero attached hydrogens (tertiary/aromatic N) is 3. The van der Waals surface area contributed by atoms with Crippen molar-refractivity contribution in [3.63, 3.8) is 0 Å². The minimum Gasteiger partial charge on any atom is -0.369 e. The molecule has 2 N–H and O–H groups in total. The molecule has 1 saturated heterocycles. The summed E-state index contributed by atoms with van der Waals surface area (Å²) in [6.45, 7) is 14.3. The maximum atomic E-state index is 12.4. The first-order chi connectivity index (χ1) is 13.9. The van der Waals surface area contributed by atoms with Gasteiger partial charge in [0.2, 0.25) is 11.8 Å². The number of rotatable bonds is 10. The molecule has 0 atom stereocenters. The number of hydrogen-bond donors (Lipinski definition) is 2. The largest absolute Gasteiger partial charge is 0.369 e. The highest BCUT2D eigenvalue weighted by Gasteiger charge is 2.20. The van der Waals surface area contributed by atoms with Crippen molar-refractivity contribution in [1.29, 1.82) is 0 Å². The second kappa shape index (κ2) is 11.8. The minimum absolute atomic E-state index is 0.00287. The number of nitrogens with one attached hydrogen (secondary N) is 2. The Morgan fingerprint density at radius 2 is 1.52 bits per heavy atom. The molecule has 1 aromatic carbocycles. The Labute approximate surface area is 175 Å².